The fourth-order valence-corrected chi connectivity index (χ4v) is 3.69. The third kappa shape index (κ3) is 5.56. The van der Waals surface area contributed by atoms with Gasteiger partial charge in [0.05, 0.1) is 37.7 Å². The predicted molar refractivity (Wildman–Crippen MR) is 120 cm³/mol. The molecule has 0 bridgehead atoms. The molecule has 2 heterocycles. The Hall–Kier alpha value is -3.72. The lowest BCUT2D eigenvalue weighted by Crippen LogP contribution is -2.36. The molecule has 1 atom stereocenters. The van der Waals surface area contributed by atoms with E-state index >= 15 is 0 Å². The van der Waals surface area contributed by atoms with E-state index < -0.39 is 23.9 Å². The second kappa shape index (κ2) is 10.3. The number of carbonyl (C=O) groups is 3. The zero-order valence-corrected chi connectivity index (χ0v) is 17.9. The number of ketones is 1. The molecule has 2 saturated heterocycles. The molecular formula is C24H24FN3O5. The molecule has 2 aliphatic heterocycles. The van der Waals surface area contributed by atoms with Gasteiger partial charge in [-0.15, -0.1) is 0 Å². The Kier molecular flexibility index (Phi) is 6.99. The van der Waals surface area contributed by atoms with Crippen molar-refractivity contribution in [2.45, 2.75) is 6.10 Å². The Morgan fingerprint density at radius 2 is 1.85 bits per heavy atom. The second-order valence-electron chi connectivity index (χ2n) is 7.66. The lowest BCUT2D eigenvalue weighted by molar-refractivity contribution is -0.116. The van der Waals surface area contributed by atoms with Gasteiger partial charge in [0.25, 0.3) is 0 Å². The van der Waals surface area contributed by atoms with Crippen LogP contribution in [0.25, 0.3) is 0 Å². The number of nitrogens with zero attached hydrogens (tertiary/aromatic N) is 2. The van der Waals surface area contributed by atoms with Crippen LogP contribution >= 0.6 is 0 Å². The van der Waals surface area contributed by atoms with Gasteiger partial charge < -0.3 is 19.7 Å². The van der Waals surface area contributed by atoms with E-state index in [1.807, 2.05) is 4.90 Å². The van der Waals surface area contributed by atoms with Gasteiger partial charge in [0.1, 0.15) is 11.9 Å². The maximum Gasteiger partial charge on any atom is 0.414 e. The second-order valence-corrected chi connectivity index (χ2v) is 7.66. The molecule has 0 radical (unpaired) electrons. The number of morpholine rings is 1. The van der Waals surface area contributed by atoms with Crippen LogP contribution in [0.1, 0.15) is 10.4 Å². The monoisotopic (exact) mass is 453 g/mol. The van der Waals surface area contributed by atoms with Crippen LogP contribution in [0.5, 0.6) is 0 Å². The molecule has 2 fully saturated rings. The Morgan fingerprint density at radius 3 is 2.58 bits per heavy atom. The molecular weight excluding hydrogens is 429 g/mol. The van der Waals surface area contributed by atoms with E-state index in [4.69, 9.17) is 9.47 Å². The summed E-state index contributed by atoms with van der Waals surface area (Å²) in [7, 11) is 0. The van der Waals surface area contributed by atoms with E-state index in [2.05, 4.69) is 5.32 Å². The molecule has 9 heteroatoms. The van der Waals surface area contributed by atoms with Crippen LogP contribution in [0, 0.1) is 5.82 Å². The summed E-state index contributed by atoms with van der Waals surface area (Å²) in [5.74, 6) is -1.19. The summed E-state index contributed by atoms with van der Waals surface area (Å²) in [5.41, 5.74) is 1.33. The largest absolute Gasteiger partial charge is 0.442 e. The first kappa shape index (κ1) is 22.5. The number of rotatable bonds is 7. The van der Waals surface area contributed by atoms with Crippen LogP contribution in [0.15, 0.2) is 60.7 Å². The number of anilines is 2. The molecule has 4 rings (SSSR count). The fourth-order valence-electron chi connectivity index (χ4n) is 3.69. The molecule has 2 aromatic rings. The third-order valence-electron chi connectivity index (χ3n) is 5.42. The van der Waals surface area contributed by atoms with Gasteiger partial charge in [-0.3, -0.25) is 14.5 Å². The number of amides is 2. The van der Waals surface area contributed by atoms with Crippen molar-refractivity contribution in [1.29, 1.82) is 0 Å². The van der Waals surface area contributed by atoms with Gasteiger partial charge in [-0.25, -0.2) is 9.18 Å². The molecule has 0 spiro atoms. The highest BCUT2D eigenvalue weighted by molar-refractivity contribution is 6.07. The van der Waals surface area contributed by atoms with E-state index in [-0.39, 0.29) is 18.9 Å². The van der Waals surface area contributed by atoms with Crippen LogP contribution in [-0.4, -0.2) is 63.3 Å². The van der Waals surface area contributed by atoms with Crippen molar-refractivity contribution < 1.29 is 28.2 Å². The number of hydrogen-bond acceptors (Lipinski definition) is 6. The van der Waals surface area contributed by atoms with Crippen molar-refractivity contribution in [3.8, 4) is 0 Å². The standard InChI is InChI=1S/C24H24FN3O5/c25-20-14-18(6-7-21(20)27-10-12-32-13-11-27)28-16-19(33-24(28)31)15-26-23(30)9-8-22(29)17-4-2-1-3-5-17/h1-9,14,19H,10-13,15-16H2,(H,26,30). The number of ether oxygens (including phenoxy) is 2. The van der Waals surface area contributed by atoms with Crippen molar-refractivity contribution in [1.82, 2.24) is 5.32 Å². The highest BCUT2D eigenvalue weighted by atomic mass is 19.1. The van der Waals surface area contributed by atoms with Crippen molar-refractivity contribution in [2.24, 2.45) is 0 Å². The number of hydrogen-bond donors (Lipinski definition) is 1. The quantitative estimate of drug-likeness (QED) is 0.512. The normalized spacial score (nSPS) is 18.5. The highest BCUT2D eigenvalue weighted by Crippen LogP contribution is 2.28. The number of nitrogens with one attached hydrogen (secondary N) is 1. The summed E-state index contributed by atoms with van der Waals surface area (Å²) in [4.78, 5) is 39.6. The first-order valence-electron chi connectivity index (χ1n) is 10.7. The third-order valence-corrected chi connectivity index (χ3v) is 5.42. The van der Waals surface area contributed by atoms with E-state index in [1.54, 1.807) is 42.5 Å². The maximum atomic E-state index is 14.7. The summed E-state index contributed by atoms with van der Waals surface area (Å²) in [6, 6.07) is 13.2. The van der Waals surface area contributed by atoms with E-state index in [1.165, 1.54) is 17.0 Å². The fraction of sp³-hybridized carbons (Fsp3) is 0.292. The highest BCUT2D eigenvalue weighted by Gasteiger charge is 2.33. The van der Waals surface area contributed by atoms with Crippen molar-refractivity contribution in [2.75, 3.05) is 49.2 Å². The van der Waals surface area contributed by atoms with Crippen LogP contribution in [0.2, 0.25) is 0 Å². The number of carbonyl (C=O) groups excluding carboxylic acids is 3. The molecule has 1 N–H and O–H groups in total. The number of halogens is 1. The van der Waals surface area contributed by atoms with Crippen LogP contribution in [0.3, 0.4) is 0 Å². The molecule has 2 aromatic carbocycles. The molecule has 1 unspecified atom stereocenters. The van der Waals surface area contributed by atoms with Crippen molar-refractivity contribution in [3.63, 3.8) is 0 Å². The van der Waals surface area contributed by atoms with Crippen molar-refractivity contribution in [3.05, 3.63) is 72.1 Å². The first-order chi connectivity index (χ1) is 16.0. The van der Waals surface area contributed by atoms with E-state index in [9.17, 15) is 18.8 Å². The SMILES string of the molecule is O=C(C=CC(=O)c1ccccc1)NCC1CN(c2ccc(N3CCOCC3)c(F)c2)C(=O)O1. The summed E-state index contributed by atoms with van der Waals surface area (Å²) in [5, 5.41) is 2.61. The number of cyclic esters (lactones) is 1. The van der Waals surface area contributed by atoms with Crippen LogP contribution in [-0.2, 0) is 14.3 Å². The molecule has 0 aromatic heterocycles. The number of benzene rings is 2. The maximum absolute atomic E-state index is 14.7. The number of allylic oxidation sites excluding steroid dienone is 1. The molecule has 0 saturated carbocycles. The smallest absolute Gasteiger partial charge is 0.414 e. The summed E-state index contributed by atoms with van der Waals surface area (Å²) in [6.07, 6.45) is 1.13. The van der Waals surface area contributed by atoms with Gasteiger partial charge in [0.15, 0.2) is 5.78 Å². The van der Waals surface area contributed by atoms with Gasteiger partial charge in [0.2, 0.25) is 5.91 Å². The predicted octanol–water partition coefficient (Wildman–Crippen LogP) is 2.54. The zero-order chi connectivity index (χ0) is 23.2. The zero-order valence-electron chi connectivity index (χ0n) is 17.9. The minimum Gasteiger partial charge on any atom is -0.442 e. The van der Waals surface area contributed by atoms with Crippen LogP contribution in [0.4, 0.5) is 20.6 Å². The molecule has 2 aliphatic rings. The Morgan fingerprint density at radius 1 is 1.09 bits per heavy atom. The molecule has 8 nitrogen and oxygen atoms in total. The molecule has 33 heavy (non-hydrogen) atoms. The molecule has 172 valence electrons. The summed E-state index contributed by atoms with van der Waals surface area (Å²) >= 11 is 0. The van der Waals surface area contributed by atoms with Gasteiger partial charge in [-0.1, -0.05) is 30.3 Å². The molecule has 0 aliphatic carbocycles. The summed E-state index contributed by atoms with van der Waals surface area (Å²) in [6.45, 7) is 2.54. The van der Waals surface area contributed by atoms with Gasteiger partial charge in [-0.2, -0.15) is 0 Å². The molecule has 2 amide bonds. The average molecular weight is 453 g/mol. The topological polar surface area (TPSA) is 88.2 Å². The minimum atomic E-state index is -0.609. The lowest BCUT2D eigenvalue weighted by Gasteiger charge is -2.29. The van der Waals surface area contributed by atoms with E-state index in [0.717, 1.165) is 6.08 Å². The average Bonchev–Trinajstić information content (AvgIpc) is 3.22. The van der Waals surface area contributed by atoms with Gasteiger partial charge >= 0.3 is 6.09 Å². The van der Waals surface area contributed by atoms with Gasteiger partial charge in [-0.05, 0) is 24.3 Å². The summed E-state index contributed by atoms with van der Waals surface area (Å²) < 4.78 is 25.3. The minimum absolute atomic E-state index is 0.0687. The Bertz CT molecular complexity index is 1050. The lowest BCUT2D eigenvalue weighted by atomic mass is 10.1. The van der Waals surface area contributed by atoms with Gasteiger partial charge in [0, 0.05) is 24.7 Å². The van der Waals surface area contributed by atoms with Crippen molar-refractivity contribution >= 4 is 29.2 Å². The first-order valence-corrected chi connectivity index (χ1v) is 10.7. The van der Waals surface area contributed by atoms with E-state index in [0.29, 0.717) is 43.2 Å². The van der Waals surface area contributed by atoms with Crippen LogP contribution < -0.4 is 15.1 Å². The Balaban J connectivity index is 1.30. The Labute approximate surface area is 190 Å².